The second-order valence-electron chi connectivity index (χ2n) is 5.63. The highest BCUT2D eigenvalue weighted by Gasteiger charge is 2.19. The van der Waals surface area contributed by atoms with Crippen molar-refractivity contribution in [3.8, 4) is 11.5 Å². The third-order valence-corrected chi connectivity index (χ3v) is 5.12. The summed E-state index contributed by atoms with van der Waals surface area (Å²) in [7, 11) is -3.56. The number of sulfonamides is 1. The lowest BCUT2D eigenvalue weighted by Crippen LogP contribution is -2.28. The number of ether oxygens (including phenoxy) is 2. The van der Waals surface area contributed by atoms with E-state index in [2.05, 4.69) is 4.72 Å². The summed E-state index contributed by atoms with van der Waals surface area (Å²) in [6.07, 6.45) is 0. The van der Waals surface area contributed by atoms with Gasteiger partial charge in [-0.25, -0.2) is 17.5 Å². The van der Waals surface area contributed by atoms with Crippen molar-refractivity contribution in [3.05, 3.63) is 59.4 Å². The molecule has 2 aromatic rings. The summed E-state index contributed by atoms with van der Waals surface area (Å²) < 4.78 is 51.1. The first-order valence-corrected chi connectivity index (χ1v) is 9.22. The second kappa shape index (κ2) is 6.78. The maximum atomic E-state index is 12.9. The monoisotopic (exact) mass is 351 g/mol. The van der Waals surface area contributed by atoms with Gasteiger partial charge in [-0.2, -0.15) is 0 Å². The van der Waals surface area contributed by atoms with Crippen LogP contribution in [-0.4, -0.2) is 21.6 Å². The number of rotatable bonds is 5. The predicted molar refractivity (Wildman–Crippen MR) is 88.0 cm³/mol. The Morgan fingerprint density at radius 2 is 1.75 bits per heavy atom. The van der Waals surface area contributed by atoms with Crippen molar-refractivity contribution < 1.29 is 22.3 Å². The van der Waals surface area contributed by atoms with Crippen molar-refractivity contribution in [3.63, 3.8) is 0 Å². The molecule has 0 unspecified atom stereocenters. The summed E-state index contributed by atoms with van der Waals surface area (Å²) in [6.45, 7) is 2.74. The molecule has 0 saturated heterocycles. The molecule has 128 valence electrons. The Labute approximate surface area is 140 Å². The highest BCUT2D eigenvalue weighted by Crippen LogP contribution is 2.32. The molecular weight excluding hydrogens is 333 g/mol. The number of hydrogen-bond acceptors (Lipinski definition) is 4. The molecule has 1 aliphatic rings. The molecule has 1 N–H and O–H groups in total. The molecule has 0 radical (unpaired) electrons. The summed E-state index contributed by atoms with van der Waals surface area (Å²) in [5.74, 6) is 0.672. The highest BCUT2D eigenvalue weighted by atomic mass is 32.2. The van der Waals surface area contributed by atoms with Gasteiger partial charge in [-0.15, -0.1) is 0 Å². The van der Waals surface area contributed by atoms with E-state index < -0.39 is 21.9 Å². The van der Waals surface area contributed by atoms with Gasteiger partial charge in [0.25, 0.3) is 0 Å². The standard InChI is InChI=1S/C17H18FNO4S/c1-12(14-4-7-16-17(10-14)23-9-8-22-16)19-24(20,21)11-13-2-5-15(18)6-3-13/h2-7,10,12,19H,8-9,11H2,1H3/t12-/m0/s1. The van der Waals surface area contributed by atoms with Gasteiger partial charge in [0.05, 0.1) is 5.75 Å². The average Bonchev–Trinajstić information content (AvgIpc) is 2.56. The minimum atomic E-state index is -3.56. The van der Waals surface area contributed by atoms with Crippen LogP contribution in [0.3, 0.4) is 0 Å². The van der Waals surface area contributed by atoms with E-state index in [1.165, 1.54) is 24.3 Å². The van der Waals surface area contributed by atoms with Crippen molar-refractivity contribution in [1.29, 1.82) is 0 Å². The number of hydrogen-bond donors (Lipinski definition) is 1. The molecule has 0 saturated carbocycles. The van der Waals surface area contributed by atoms with E-state index >= 15 is 0 Å². The maximum Gasteiger partial charge on any atom is 0.216 e. The van der Waals surface area contributed by atoms with Crippen LogP contribution in [0.4, 0.5) is 4.39 Å². The molecule has 0 spiro atoms. The molecule has 0 aromatic heterocycles. The van der Waals surface area contributed by atoms with Crippen molar-refractivity contribution in [2.24, 2.45) is 0 Å². The average molecular weight is 351 g/mol. The maximum absolute atomic E-state index is 12.9. The zero-order valence-corrected chi connectivity index (χ0v) is 14.0. The van der Waals surface area contributed by atoms with E-state index in [0.717, 1.165) is 5.56 Å². The lowest BCUT2D eigenvalue weighted by atomic mass is 10.1. The summed E-state index contributed by atoms with van der Waals surface area (Å²) in [4.78, 5) is 0. The number of nitrogens with one attached hydrogen (secondary N) is 1. The lowest BCUT2D eigenvalue weighted by molar-refractivity contribution is 0.171. The van der Waals surface area contributed by atoms with Crippen LogP contribution in [0.25, 0.3) is 0 Å². The zero-order chi connectivity index (χ0) is 17.2. The van der Waals surface area contributed by atoms with Gasteiger partial charge in [0.1, 0.15) is 19.0 Å². The molecular formula is C17H18FNO4S. The Bertz CT molecular complexity index is 821. The van der Waals surface area contributed by atoms with E-state index in [9.17, 15) is 12.8 Å². The van der Waals surface area contributed by atoms with Gasteiger partial charge in [-0.3, -0.25) is 0 Å². The number of benzene rings is 2. The van der Waals surface area contributed by atoms with Crippen molar-refractivity contribution in [1.82, 2.24) is 4.72 Å². The van der Waals surface area contributed by atoms with E-state index in [1.807, 2.05) is 0 Å². The molecule has 3 rings (SSSR count). The van der Waals surface area contributed by atoms with Gasteiger partial charge in [0.2, 0.25) is 10.0 Å². The van der Waals surface area contributed by atoms with Crippen molar-refractivity contribution >= 4 is 10.0 Å². The third kappa shape index (κ3) is 4.04. The van der Waals surface area contributed by atoms with Crippen LogP contribution in [0.1, 0.15) is 24.1 Å². The molecule has 24 heavy (non-hydrogen) atoms. The minimum absolute atomic E-state index is 0.206. The van der Waals surface area contributed by atoms with E-state index in [1.54, 1.807) is 25.1 Å². The molecule has 1 atom stereocenters. The van der Waals surface area contributed by atoms with E-state index in [-0.39, 0.29) is 5.75 Å². The van der Waals surface area contributed by atoms with Crippen LogP contribution in [0.5, 0.6) is 11.5 Å². The summed E-state index contributed by atoms with van der Waals surface area (Å²) >= 11 is 0. The second-order valence-corrected chi connectivity index (χ2v) is 7.38. The molecule has 0 amide bonds. The quantitative estimate of drug-likeness (QED) is 0.900. The van der Waals surface area contributed by atoms with Gasteiger partial charge in [-0.1, -0.05) is 18.2 Å². The largest absolute Gasteiger partial charge is 0.486 e. The number of fused-ring (bicyclic) bond motifs is 1. The molecule has 5 nitrogen and oxygen atoms in total. The van der Waals surface area contributed by atoms with Crippen LogP contribution >= 0.6 is 0 Å². The fourth-order valence-electron chi connectivity index (χ4n) is 2.51. The van der Waals surface area contributed by atoms with E-state index in [4.69, 9.17) is 9.47 Å². The summed E-state index contributed by atoms with van der Waals surface area (Å²) in [6, 6.07) is 10.3. The van der Waals surface area contributed by atoms with Crippen LogP contribution < -0.4 is 14.2 Å². The molecule has 1 heterocycles. The summed E-state index contributed by atoms with van der Waals surface area (Å²) in [5.41, 5.74) is 1.31. The SMILES string of the molecule is C[C@H](NS(=O)(=O)Cc1ccc(F)cc1)c1ccc2c(c1)OCCO2. The molecule has 0 fully saturated rings. The molecule has 1 aliphatic heterocycles. The topological polar surface area (TPSA) is 64.6 Å². The van der Waals surface area contributed by atoms with Crippen LogP contribution in [0.2, 0.25) is 0 Å². The zero-order valence-electron chi connectivity index (χ0n) is 13.2. The lowest BCUT2D eigenvalue weighted by Gasteiger charge is -2.21. The Morgan fingerprint density at radius 1 is 1.08 bits per heavy atom. The Kier molecular flexibility index (Phi) is 4.73. The van der Waals surface area contributed by atoms with Gasteiger partial charge >= 0.3 is 0 Å². The first-order valence-electron chi connectivity index (χ1n) is 7.57. The molecule has 7 heteroatoms. The minimum Gasteiger partial charge on any atom is -0.486 e. The van der Waals surface area contributed by atoms with Crippen LogP contribution in [0, 0.1) is 5.82 Å². The number of halogens is 1. The first kappa shape index (κ1) is 16.7. The summed E-state index contributed by atoms with van der Waals surface area (Å²) in [5, 5.41) is 0. The highest BCUT2D eigenvalue weighted by molar-refractivity contribution is 7.88. The van der Waals surface area contributed by atoms with Crippen LogP contribution in [-0.2, 0) is 15.8 Å². The van der Waals surface area contributed by atoms with E-state index in [0.29, 0.717) is 30.3 Å². The van der Waals surface area contributed by atoms with Gasteiger partial charge in [-0.05, 0) is 42.3 Å². The molecule has 2 aromatic carbocycles. The van der Waals surface area contributed by atoms with Crippen molar-refractivity contribution in [2.75, 3.05) is 13.2 Å². The third-order valence-electron chi connectivity index (χ3n) is 3.69. The Balaban J connectivity index is 1.71. The predicted octanol–water partition coefficient (Wildman–Crippen LogP) is 2.78. The normalized spacial score (nSPS) is 15.1. The first-order chi connectivity index (χ1) is 11.4. The smallest absolute Gasteiger partial charge is 0.216 e. The van der Waals surface area contributed by atoms with Gasteiger partial charge < -0.3 is 9.47 Å². The molecule has 0 bridgehead atoms. The van der Waals surface area contributed by atoms with Gasteiger partial charge in [0, 0.05) is 6.04 Å². The van der Waals surface area contributed by atoms with Gasteiger partial charge in [0.15, 0.2) is 11.5 Å². The Morgan fingerprint density at radius 3 is 2.46 bits per heavy atom. The fourth-order valence-corrected chi connectivity index (χ4v) is 3.90. The fraction of sp³-hybridized carbons (Fsp3) is 0.294. The Hall–Kier alpha value is -2.12. The van der Waals surface area contributed by atoms with Crippen LogP contribution in [0.15, 0.2) is 42.5 Å². The van der Waals surface area contributed by atoms with Crippen molar-refractivity contribution in [2.45, 2.75) is 18.7 Å². The molecule has 0 aliphatic carbocycles.